The van der Waals surface area contributed by atoms with Crippen LogP contribution in [0.15, 0.2) is 54.6 Å². The predicted octanol–water partition coefficient (Wildman–Crippen LogP) is 4.62. The second kappa shape index (κ2) is 11.6. The molecule has 0 aliphatic rings. The number of ether oxygens (including phenoxy) is 5. The number of rotatable bonds is 10. The van der Waals surface area contributed by atoms with Crippen molar-refractivity contribution in [1.82, 2.24) is 0 Å². The van der Waals surface area contributed by atoms with Crippen molar-refractivity contribution in [2.75, 3.05) is 45.7 Å². The Morgan fingerprint density at radius 3 is 1.60 bits per heavy atom. The molecule has 0 radical (unpaired) electrons. The van der Waals surface area contributed by atoms with Crippen LogP contribution in [0.1, 0.15) is 27.6 Å². The number of carbonyl (C=O) groups excluding carboxylic acids is 2. The van der Waals surface area contributed by atoms with Gasteiger partial charge in [-0.1, -0.05) is 0 Å². The zero-order chi connectivity index (χ0) is 25.4. The van der Waals surface area contributed by atoms with Gasteiger partial charge < -0.3 is 34.3 Å². The lowest BCUT2D eigenvalue weighted by Crippen LogP contribution is -2.17. The Hall–Kier alpha value is -4.40. The van der Waals surface area contributed by atoms with E-state index >= 15 is 0 Å². The number of hydrogen-bond donors (Lipinski definition) is 2. The van der Waals surface area contributed by atoms with Crippen molar-refractivity contribution >= 4 is 23.2 Å². The molecule has 0 fully saturated rings. The molecule has 0 saturated heterocycles. The molecule has 3 rings (SSSR count). The number of carbonyl (C=O) groups is 2. The summed E-state index contributed by atoms with van der Waals surface area (Å²) in [6.45, 7) is 2.17. The van der Waals surface area contributed by atoms with Crippen LogP contribution in [0, 0.1) is 0 Å². The number of benzene rings is 3. The fraction of sp³-hybridized carbons (Fsp3) is 0.231. The van der Waals surface area contributed by atoms with Crippen molar-refractivity contribution in [2.24, 2.45) is 0 Å². The molecule has 0 atom stereocenters. The Balaban J connectivity index is 1.86. The summed E-state index contributed by atoms with van der Waals surface area (Å²) in [6.07, 6.45) is 0. The SMILES string of the molecule is CCOc1ccc(C(=O)Nc2ccc(OC)c(OC)c2)cc1C(=O)Nc1ccc(OC)c(OC)c1. The second-order valence-electron chi connectivity index (χ2n) is 7.19. The van der Waals surface area contributed by atoms with E-state index in [0.717, 1.165) is 0 Å². The van der Waals surface area contributed by atoms with Crippen LogP contribution >= 0.6 is 0 Å². The van der Waals surface area contributed by atoms with Crippen LogP contribution in [0.3, 0.4) is 0 Å². The second-order valence-corrected chi connectivity index (χ2v) is 7.19. The minimum Gasteiger partial charge on any atom is -0.493 e. The van der Waals surface area contributed by atoms with Crippen LogP contribution in [-0.4, -0.2) is 46.9 Å². The minimum absolute atomic E-state index is 0.210. The van der Waals surface area contributed by atoms with Crippen LogP contribution in [-0.2, 0) is 0 Å². The number of methoxy groups -OCH3 is 4. The van der Waals surface area contributed by atoms with Crippen molar-refractivity contribution in [1.29, 1.82) is 0 Å². The molecule has 3 aromatic rings. The summed E-state index contributed by atoms with van der Waals surface area (Å²) in [7, 11) is 6.09. The molecule has 9 nitrogen and oxygen atoms in total. The third-order valence-corrected chi connectivity index (χ3v) is 5.07. The van der Waals surface area contributed by atoms with Crippen LogP contribution < -0.4 is 34.3 Å². The molecule has 0 spiro atoms. The first kappa shape index (κ1) is 25.2. The third-order valence-electron chi connectivity index (χ3n) is 5.07. The van der Waals surface area contributed by atoms with Crippen molar-refractivity contribution in [3.8, 4) is 28.7 Å². The highest BCUT2D eigenvalue weighted by Crippen LogP contribution is 2.32. The van der Waals surface area contributed by atoms with Crippen LogP contribution in [0.5, 0.6) is 28.7 Å². The van der Waals surface area contributed by atoms with E-state index in [2.05, 4.69) is 10.6 Å². The smallest absolute Gasteiger partial charge is 0.259 e. The first-order valence-corrected chi connectivity index (χ1v) is 10.8. The van der Waals surface area contributed by atoms with Gasteiger partial charge in [-0.2, -0.15) is 0 Å². The average molecular weight is 481 g/mol. The standard InChI is InChI=1S/C26H28N2O7/c1-6-35-20-10-7-16(25(29)27-17-8-11-21(31-2)23(14-17)33-4)13-19(20)26(30)28-18-9-12-22(32-3)24(15-18)34-5/h7-15H,6H2,1-5H3,(H,27,29)(H,28,30). The molecule has 2 amide bonds. The van der Waals surface area contributed by atoms with Gasteiger partial charge in [0.15, 0.2) is 23.0 Å². The molecular formula is C26H28N2O7. The molecular weight excluding hydrogens is 452 g/mol. The van der Waals surface area contributed by atoms with Crippen molar-refractivity contribution < 1.29 is 33.3 Å². The van der Waals surface area contributed by atoms with Gasteiger partial charge in [0, 0.05) is 29.1 Å². The average Bonchev–Trinajstić information content (AvgIpc) is 2.88. The zero-order valence-corrected chi connectivity index (χ0v) is 20.3. The molecule has 3 aromatic carbocycles. The van der Waals surface area contributed by atoms with Crippen LogP contribution in [0.2, 0.25) is 0 Å². The van der Waals surface area contributed by atoms with Gasteiger partial charge in [0.25, 0.3) is 11.8 Å². The normalized spacial score (nSPS) is 10.2. The van der Waals surface area contributed by atoms with Crippen molar-refractivity contribution in [3.63, 3.8) is 0 Å². The molecule has 35 heavy (non-hydrogen) atoms. The van der Waals surface area contributed by atoms with Gasteiger partial charge in [0.1, 0.15) is 5.75 Å². The van der Waals surface area contributed by atoms with E-state index in [9.17, 15) is 9.59 Å². The first-order valence-electron chi connectivity index (χ1n) is 10.8. The Bertz CT molecular complexity index is 1210. The molecule has 0 aromatic heterocycles. The summed E-state index contributed by atoms with van der Waals surface area (Å²) in [6, 6.07) is 14.7. The lowest BCUT2D eigenvalue weighted by Gasteiger charge is -2.14. The lowest BCUT2D eigenvalue weighted by molar-refractivity contribution is 0.102. The Labute approximate surface area is 203 Å². The molecule has 0 aliphatic heterocycles. The quantitative estimate of drug-likeness (QED) is 0.436. The van der Waals surface area contributed by atoms with Crippen LogP contribution in [0.4, 0.5) is 11.4 Å². The van der Waals surface area contributed by atoms with Gasteiger partial charge >= 0.3 is 0 Å². The van der Waals surface area contributed by atoms with Gasteiger partial charge in [0.2, 0.25) is 0 Å². The number of hydrogen-bond acceptors (Lipinski definition) is 7. The van der Waals surface area contributed by atoms with Crippen molar-refractivity contribution in [3.05, 3.63) is 65.7 Å². The maximum absolute atomic E-state index is 13.1. The fourth-order valence-electron chi connectivity index (χ4n) is 3.36. The maximum Gasteiger partial charge on any atom is 0.259 e. The van der Waals surface area contributed by atoms with Gasteiger partial charge in [-0.3, -0.25) is 9.59 Å². The highest BCUT2D eigenvalue weighted by molar-refractivity contribution is 6.10. The van der Waals surface area contributed by atoms with Gasteiger partial charge in [-0.05, 0) is 49.4 Å². The number of anilines is 2. The monoisotopic (exact) mass is 480 g/mol. The predicted molar refractivity (Wildman–Crippen MR) is 133 cm³/mol. The fourth-order valence-corrected chi connectivity index (χ4v) is 3.36. The Morgan fingerprint density at radius 1 is 0.629 bits per heavy atom. The van der Waals surface area contributed by atoms with E-state index in [1.54, 1.807) is 48.5 Å². The van der Waals surface area contributed by atoms with Gasteiger partial charge in [-0.25, -0.2) is 0 Å². The first-order chi connectivity index (χ1) is 16.9. The summed E-state index contributed by atoms with van der Waals surface area (Å²) >= 11 is 0. The highest BCUT2D eigenvalue weighted by atomic mass is 16.5. The summed E-state index contributed by atoms with van der Waals surface area (Å²) in [5, 5.41) is 5.61. The number of nitrogens with one attached hydrogen (secondary N) is 2. The maximum atomic E-state index is 13.1. The van der Waals surface area contributed by atoms with E-state index in [0.29, 0.717) is 46.7 Å². The van der Waals surface area contributed by atoms with E-state index < -0.39 is 11.8 Å². The Kier molecular flexibility index (Phi) is 8.39. The molecule has 0 unspecified atom stereocenters. The molecule has 0 saturated carbocycles. The number of amides is 2. The van der Waals surface area contributed by atoms with Gasteiger partial charge in [-0.15, -0.1) is 0 Å². The third kappa shape index (κ3) is 5.94. The van der Waals surface area contributed by atoms with Crippen molar-refractivity contribution in [2.45, 2.75) is 6.92 Å². The molecule has 0 heterocycles. The molecule has 0 aliphatic carbocycles. The minimum atomic E-state index is -0.443. The zero-order valence-electron chi connectivity index (χ0n) is 20.3. The van der Waals surface area contributed by atoms with E-state index in [1.165, 1.54) is 34.5 Å². The summed E-state index contributed by atoms with van der Waals surface area (Å²) in [5.74, 6) is 1.54. The summed E-state index contributed by atoms with van der Waals surface area (Å²) in [5.41, 5.74) is 1.50. The molecule has 9 heteroatoms. The lowest BCUT2D eigenvalue weighted by atomic mass is 10.1. The van der Waals surface area contributed by atoms with Crippen LogP contribution in [0.25, 0.3) is 0 Å². The highest BCUT2D eigenvalue weighted by Gasteiger charge is 2.18. The van der Waals surface area contributed by atoms with E-state index in [4.69, 9.17) is 23.7 Å². The largest absolute Gasteiger partial charge is 0.493 e. The van der Waals surface area contributed by atoms with E-state index in [1.807, 2.05) is 6.92 Å². The summed E-state index contributed by atoms with van der Waals surface area (Å²) in [4.78, 5) is 26.1. The molecule has 184 valence electrons. The molecule has 2 N–H and O–H groups in total. The van der Waals surface area contributed by atoms with E-state index in [-0.39, 0.29) is 11.1 Å². The Morgan fingerprint density at radius 2 is 1.11 bits per heavy atom. The molecule has 0 bridgehead atoms. The summed E-state index contributed by atoms with van der Waals surface area (Å²) < 4.78 is 26.7. The van der Waals surface area contributed by atoms with Gasteiger partial charge in [0.05, 0.1) is 40.6 Å². The topological polar surface area (TPSA) is 104 Å².